The Bertz CT molecular complexity index is 1180. The number of urea groups is 1. The second-order valence-electron chi connectivity index (χ2n) is 8.70. The third-order valence-electron chi connectivity index (χ3n) is 5.74. The van der Waals surface area contributed by atoms with Crippen LogP contribution in [0.5, 0.6) is 0 Å². The highest BCUT2D eigenvalue weighted by atomic mass is 32.1. The van der Waals surface area contributed by atoms with Crippen molar-refractivity contribution in [1.82, 2.24) is 15.5 Å². The van der Waals surface area contributed by atoms with Gasteiger partial charge in [-0.25, -0.2) is 4.79 Å². The van der Waals surface area contributed by atoms with Crippen LogP contribution < -0.4 is 16.0 Å². The van der Waals surface area contributed by atoms with Gasteiger partial charge in [0, 0.05) is 26.3 Å². The van der Waals surface area contributed by atoms with Gasteiger partial charge in [-0.2, -0.15) is 0 Å². The van der Waals surface area contributed by atoms with Crippen molar-refractivity contribution in [2.45, 2.75) is 46.2 Å². The lowest BCUT2D eigenvalue weighted by Gasteiger charge is -2.30. The minimum atomic E-state index is -0.827. The number of ether oxygens (including phenoxy) is 2. The molecule has 0 aliphatic heterocycles. The van der Waals surface area contributed by atoms with Crippen molar-refractivity contribution in [3.05, 3.63) is 88.1 Å². The highest BCUT2D eigenvalue weighted by Crippen LogP contribution is 2.22. The molecule has 0 aliphatic carbocycles. The van der Waals surface area contributed by atoms with Gasteiger partial charge in [0.25, 0.3) is 5.91 Å². The van der Waals surface area contributed by atoms with Crippen LogP contribution >= 0.6 is 11.3 Å². The number of hydrogen-bond donors (Lipinski definition) is 3. The first-order valence-electron chi connectivity index (χ1n) is 12.9. The summed E-state index contributed by atoms with van der Waals surface area (Å²) in [5.41, 5.74) is 2.28. The fraction of sp³-hybridized carbons (Fsp3) is 0.345. The number of benzene rings is 2. The molecular formula is C29H36N4O5S. The molecule has 1 atom stereocenters. The minimum absolute atomic E-state index is 0.211. The van der Waals surface area contributed by atoms with Gasteiger partial charge in [-0.3, -0.25) is 9.59 Å². The molecule has 1 heterocycles. The predicted octanol–water partition coefficient (Wildman–Crippen LogP) is 4.62. The number of anilines is 1. The first-order valence-corrected chi connectivity index (χ1v) is 13.8. The monoisotopic (exact) mass is 552 g/mol. The number of carbonyl (C=O) groups excluding carboxylic acids is 3. The Labute approximate surface area is 233 Å². The minimum Gasteiger partial charge on any atom is -0.351 e. The van der Waals surface area contributed by atoms with Crippen molar-refractivity contribution in [3.63, 3.8) is 0 Å². The third-order valence-corrected chi connectivity index (χ3v) is 6.65. The lowest BCUT2D eigenvalue weighted by molar-refractivity contribution is -0.160. The number of thiophene rings is 1. The maximum atomic E-state index is 13.5. The normalized spacial score (nSPS) is 11.6. The van der Waals surface area contributed by atoms with Gasteiger partial charge in [0.15, 0.2) is 6.29 Å². The molecule has 3 rings (SSSR count). The van der Waals surface area contributed by atoms with Gasteiger partial charge in [-0.15, -0.1) is 11.3 Å². The second kappa shape index (κ2) is 15.6. The van der Waals surface area contributed by atoms with E-state index in [2.05, 4.69) is 16.0 Å². The van der Waals surface area contributed by atoms with E-state index < -0.39 is 24.3 Å². The van der Waals surface area contributed by atoms with E-state index in [1.165, 1.54) is 11.3 Å². The molecule has 0 spiro atoms. The molecule has 0 radical (unpaired) electrons. The Hall–Kier alpha value is -3.73. The molecule has 208 valence electrons. The molecule has 3 aromatic rings. The predicted molar refractivity (Wildman–Crippen MR) is 152 cm³/mol. The largest absolute Gasteiger partial charge is 0.351 e. The highest BCUT2D eigenvalue weighted by molar-refractivity contribution is 7.12. The summed E-state index contributed by atoms with van der Waals surface area (Å²) < 4.78 is 11.3. The van der Waals surface area contributed by atoms with E-state index in [0.29, 0.717) is 36.9 Å². The average Bonchev–Trinajstić information content (AvgIpc) is 3.40. The molecule has 39 heavy (non-hydrogen) atoms. The summed E-state index contributed by atoms with van der Waals surface area (Å²) in [6.07, 6.45) is -0.585. The van der Waals surface area contributed by atoms with E-state index in [9.17, 15) is 14.4 Å². The van der Waals surface area contributed by atoms with Gasteiger partial charge in [-0.1, -0.05) is 60.7 Å². The molecule has 0 saturated carbocycles. The number of amides is 4. The molecule has 3 N–H and O–H groups in total. The standard InChI is InChI=1S/C29H36N4O5S/c1-4-37-25(38-5-2)20-33(19-23-14-10-7-11-15-23)28(35)21(3)31-27(34)26-24(16-17-39-26)32-29(36)30-18-22-12-8-6-9-13-22/h6-17,21,25H,4-5,18-20H2,1-3H3,(H,31,34)(H2,30,32,36). The Morgan fingerprint density at radius 3 is 2.13 bits per heavy atom. The zero-order valence-corrected chi connectivity index (χ0v) is 23.3. The van der Waals surface area contributed by atoms with Crippen LogP contribution in [0.3, 0.4) is 0 Å². The molecule has 1 aromatic heterocycles. The van der Waals surface area contributed by atoms with Crippen LogP contribution in [-0.2, 0) is 27.4 Å². The van der Waals surface area contributed by atoms with Gasteiger partial charge in [0.1, 0.15) is 10.9 Å². The van der Waals surface area contributed by atoms with Crippen molar-refractivity contribution in [3.8, 4) is 0 Å². The van der Waals surface area contributed by atoms with Crippen LogP contribution in [0.25, 0.3) is 0 Å². The summed E-state index contributed by atoms with van der Waals surface area (Å²) in [6, 6.07) is 19.5. The van der Waals surface area contributed by atoms with Crippen molar-refractivity contribution in [2.75, 3.05) is 25.1 Å². The summed E-state index contributed by atoms with van der Waals surface area (Å²) in [6.45, 7) is 7.16. The van der Waals surface area contributed by atoms with Crippen LogP contribution in [-0.4, -0.2) is 54.8 Å². The van der Waals surface area contributed by atoms with Gasteiger partial charge in [0.05, 0.1) is 12.2 Å². The van der Waals surface area contributed by atoms with E-state index in [1.807, 2.05) is 74.5 Å². The first kappa shape index (κ1) is 29.8. The van der Waals surface area contributed by atoms with E-state index in [4.69, 9.17) is 9.47 Å². The van der Waals surface area contributed by atoms with Crippen molar-refractivity contribution in [1.29, 1.82) is 0 Å². The molecule has 0 bridgehead atoms. The molecule has 4 amide bonds. The first-order chi connectivity index (χ1) is 18.9. The Morgan fingerprint density at radius 1 is 0.897 bits per heavy atom. The van der Waals surface area contributed by atoms with Crippen LogP contribution in [0.4, 0.5) is 10.5 Å². The van der Waals surface area contributed by atoms with Gasteiger partial charge in [0.2, 0.25) is 5.91 Å². The van der Waals surface area contributed by atoms with E-state index in [-0.39, 0.29) is 12.5 Å². The molecule has 2 aromatic carbocycles. The Kier molecular flexibility index (Phi) is 11.9. The van der Waals surface area contributed by atoms with Crippen LogP contribution in [0.1, 0.15) is 41.6 Å². The molecule has 0 saturated heterocycles. The number of nitrogens with zero attached hydrogens (tertiary/aromatic N) is 1. The maximum absolute atomic E-state index is 13.5. The van der Waals surface area contributed by atoms with Crippen molar-refractivity contribution in [2.24, 2.45) is 0 Å². The van der Waals surface area contributed by atoms with E-state index in [0.717, 1.165) is 11.1 Å². The third kappa shape index (κ3) is 9.51. The van der Waals surface area contributed by atoms with Crippen molar-refractivity contribution < 1.29 is 23.9 Å². The molecule has 0 fully saturated rings. The Morgan fingerprint density at radius 2 is 1.51 bits per heavy atom. The van der Waals surface area contributed by atoms with Crippen molar-refractivity contribution >= 4 is 34.9 Å². The van der Waals surface area contributed by atoms with E-state index in [1.54, 1.807) is 23.3 Å². The van der Waals surface area contributed by atoms with Crippen LogP contribution in [0.15, 0.2) is 72.1 Å². The lowest BCUT2D eigenvalue weighted by atomic mass is 10.2. The topological polar surface area (TPSA) is 109 Å². The molecule has 10 heteroatoms. The maximum Gasteiger partial charge on any atom is 0.319 e. The highest BCUT2D eigenvalue weighted by Gasteiger charge is 2.27. The van der Waals surface area contributed by atoms with Gasteiger partial charge >= 0.3 is 6.03 Å². The molecule has 1 unspecified atom stereocenters. The number of hydrogen-bond acceptors (Lipinski definition) is 6. The lowest BCUT2D eigenvalue weighted by Crippen LogP contribution is -2.49. The molecular weight excluding hydrogens is 516 g/mol. The smallest absolute Gasteiger partial charge is 0.319 e. The zero-order valence-electron chi connectivity index (χ0n) is 22.5. The van der Waals surface area contributed by atoms with E-state index >= 15 is 0 Å². The molecule has 9 nitrogen and oxygen atoms in total. The second-order valence-corrected chi connectivity index (χ2v) is 9.61. The SMILES string of the molecule is CCOC(CN(Cc1ccccc1)C(=O)C(C)NC(=O)c1sccc1NC(=O)NCc1ccccc1)OCC. The zero-order chi connectivity index (χ0) is 28.0. The average molecular weight is 553 g/mol. The summed E-state index contributed by atoms with van der Waals surface area (Å²) >= 11 is 1.18. The number of nitrogens with one attached hydrogen (secondary N) is 3. The quantitative estimate of drug-likeness (QED) is 0.253. The summed E-state index contributed by atoms with van der Waals surface area (Å²) in [5.74, 6) is -0.724. The van der Waals surface area contributed by atoms with Crippen LogP contribution in [0, 0.1) is 0 Å². The fourth-order valence-electron chi connectivity index (χ4n) is 3.87. The summed E-state index contributed by atoms with van der Waals surface area (Å²) in [5, 5.41) is 10.00. The number of carbonyl (C=O) groups is 3. The molecule has 0 aliphatic rings. The summed E-state index contributed by atoms with van der Waals surface area (Å²) in [7, 11) is 0. The Balaban J connectivity index is 1.64. The van der Waals surface area contributed by atoms with Crippen LogP contribution in [0.2, 0.25) is 0 Å². The summed E-state index contributed by atoms with van der Waals surface area (Å²) in [4.78, 5) is 41.0. The number of rotatable bonds is 14. The van der Waals surface area contributed by atoms with Gasteiger partial charge < -0.3 is 30.3 Å². The van der Waals surface area contributed by atoms with Gasteiger partial charge in [-0.05, 0) is 43.3 Å². The fourth-order valence-corrected chi connectivity index (χ4v) is 4.62.